The third-order valence-corrected chi connectivity index (χ3v) is 3.18. The molecule has 24 heavy (non-hydrogen) atoms. The summed E-state index contributed by atoms with van der Waals surface area (Å²) in [6.45, 7) is 5.67. The topological polar surface area (TPSA) is 75.8 Å². The second kappa shape index (κ2) is 10.1. The Morgan fingerprint density at radius 2 is 2.21 bits per heavy atom. The molecule has 1 aromatic carbocycles. The Bertz CT molecular complexity index is 659. The predicted octanol–water partition coefficient (Wildman–Crippen LogP) is 2.60. The highest BCUT2D eigenvalue weighted by Crippen LogP contribution is 2.14. The molecule has 0 amide bonds. The summed E-state index contributed by atoms with van der Waals surface area (Å²) in [5.74, 6) is 2.75. The molecule has 0 aliphatic rings. The van der Waals surface area contributed by atoms with Crippen LogP contribution in [0, 0.1) is 6.92 Å². The second-order valence-corrected chi connectivity index (χ2v) is 5.11. The molecule has 2 aromatic rings. The van der Waals surface area contributed by atoms with Crippen molar-refractivity contribution in [2.24, 2.45) is 4.99 Å². The van der Waals surface area contributed by atoms with Gasteiger partial charge in [-0.2, -0.15) is 4.98 Å². The van der Waals surface area contributed by atoms with Crippen LogP contribution in [0.4, 0.5) is 0 Å². The highest BCUT2D eigenvalue weighted by Gasteiger charge is 2.09. The van der Waals surface area contributed by atoms with Crippen LogP contribution >= 0.6 is 24.0 Å². The molecule has 1 N–H and O–H groups in total. The number of aromatic nitrogens is 2. The Labute approximate surface area is 159 Å². The summed E-state index contributed by atoms with van der Waals surface area (Å²) in [4.78, 5) is 10.7. The lowest BCUT2D eigenvalue weighted by Crippen LogP contribution is -2.38. The fourth-order valence-corrected chi connectivity index (χ4v) is 2.14. The third kappa shape index (κ3) is 5.99. The van der Waals surface area contributed by atoms with Crippen molar-refractivity contribution in [3.63, 3.8) is 0 Å². The van der Waals surface area contributed by atoms with Gasteiger partial charge in [-0.15, -0.1) is 24.0 Å². The maximum absolute atomic E-state index is 5.26. The van der Waals surface area contributed by atoms with E-state index in [1.807, 2.05) is 37.1 Å². The maximum atomic E-state index is 5.26. The molecule has 0 bridgehead atoms. The minimum absolute atomic E-state index is 0. The van der Waals surface area contributed by atoms with E-state index < -0.39 is 0 Å². The van der Waals surface area contributed by atoms with Crippen LogP contribution in [0.1, 0.15) is 24.2 Å². The largest absolute Gasteiger partial charge is 0.497 e. The van der Waals surface area contributed by atoms with Gasteiger partial charge in [-0.05, 0) is 31.5 Å². The Morgan fingerprint density at radius 1 is 1.42 bits per heavy atom. The number of nitrogens with one attached hydrogen (secondary N) is 1. The fraction of sp³-hybridized carbons (Fsp3) is 0.438. The van der Waals surface area contributed by atoms with E-state index in [4.69, 9.17) is 9.26 Å². The van der Waals surface area contributed by atoms with Gasteiger partial charge in [-0.25, -0.2) is 4.99 Å². The first-order valence-corrected chi connectivity index (χ1v) is 7.54. The van der Waals surface area contributed by atoms with Crippen LogP contribution in [-0.4, -0.2) is 41.7 Å². The fourth-order valence-electron chi connectivity index (χ4n) is 2.14. The summed E-state index contributed by atoms with van der Waals surface area (Å²) in [5.41, 5.74) is 1.14. The van der Waals surface area contributed by atoms with Crippen molar-refractivity contribution >= 4 is 29.9 Å². The summed E-state index contributed by atoms with van der Waals surface area (Å²) in [6, 6.07) is 7.99. The number of benzene rings is 1. The molecule has 1 aromatic heterocycles. The van der Waals surface area contributed by atoms with Crippen LogP contribution in [-0.2, 0) is 13.1 Å². The smallest absolute Gasteiger partial charge is 0.248 e. The Hall–Kier alpha value is -1.84. The molecular formula is C16H24IN5O2. The lowest BCUT2D eigenvalue weighted by atomic mass is 10.2. The van der Waals surface area contributed by atoms with Gasteiger partial charge in [-0.1, -0.05) is 17.3 Å². The van der Waals surface area contributed by atoms with Crippen molar-refractivity contribution < 1.29 is 9.26 Å². The average Bonchev–Trinajstić information content (AvgIpc) is 2.97. The summed E-state index contributed by atoms with van der Waals surface area (Å²) in [7, 11) is 3.65. The van der Waals surface area contributed by atoms with Gasteiger partial charge in [0.15, 0.2) is 11.8 Å². The van der Waals surface area contributed by atoms with E-state index in [-0.39, 0.29) is 24.0 Å². The molecule has 0 radical (unpaired) electrons. The lowest BCUT2D eigenvalue weighted by Gasteiger charge is -2.22. The number of hydrogen-bond acceptors (Lipinski definition) is 5. The van der Waals surface area contributed by atoms with Gasteiger partial charge in [0.1, 0.15) is 12.3 Å². The Morgan fingerprint density at radius 3 is 2.83 bits per heavy atom. The minimum atomic E-state index is 0. The molecule has 0 aliphatic carbocycles. The van der Waals surface area contributed by atoms with Crippen molar-refractivity contribution in [3.8, 4) is 5.75 Å². The Balaban J connectivity index is 0.00000288. The maximum Gasteiger partial charge on any atom is 0.248 e. The van der Waals surface area contributed by atoms with Crippen molar-refractivity contribution in [2.45, 2.75) is 26.9 Å². The van der Waals surface area contributed by atoms with Crippen molar-refractivity contribution in [1.29, 1.82) is 0 Å². The van der Waals surface area contributed by atoms with Crippen molar-refractivity contribution in [1.82, 2.24) is 20.4 Å². The SMILES string of the molecule is CCNC(=NCc1nc(C)no1)N(C)Cc1cccc(OC)c1.I. The van der Waals surface area contributed by atoms with Crippen LogP contribution < -0.4 is 10.1 Å². The van der Waals surface area contributed by atoms with Gasteiger partial charge in [0.2, 0.25) is 5.89 Å². The number of hydrogen-bond donors (Lipinski definition) is 1. The van der Waals surface area contributed by atoms with Crippen LogP contribution in [0.25, 0.3) is 0 Å². The summed E-state index contributed by atoms with van der Waals surface area (Å²) in [5, 5.41) is 7.03. The van der Waals surface area contributed by atoms with E-state index in [0.717, 1.165) is 23.8 Å². The van der Waals surface area contributed by atoms with E-state index >= 15 is 0 Å². The number of aliphatic imine (C=N–C) groups is 1. The van der Waals surface area contributed by atoms with Crippen LogP contribution in [0.2, 0.25) is 0 Å². The molecule has 0 unspecified atom stereocenters. The first-order valence-electron chi connectivity index (χ1n) is 7.54. The molecule has 2 rings (SSSR count). The summed E-state index contributed by atoms with van der Waals surface area (Å²) in [6.07, 6.45) is 0. The first kappa shape index (κ1) is 20.2. The monoisotopic (exact) mass is 445 g/mol. The molecule has 1 heterocycles. The first-order chi connectivity index (χ1) is 11.1. The average molecular weight is 445 g/mol. The molecule has 0 saturated carbocycles. The molecule has 132 valence electrons. The molecule has 0 saturated heterocycles. The third-order valence-electron chi connectivity index (χ3n) is 3.18. The summed E-state index contributed by atoms with van der Waals surface area (Å²) >= 11 is 0. The van der Waals surface area contributed by atoms with E-state index in [0.29, 0.717) is 24.8 Å². The zero-order chi connectivity index (χ0) is 16.7. The van der Waals surface area contributed by atoms with E-state index in [1.54, 1.807) is 14.0 Å². The molecule has 0 fully saturated rings. The van der Waals surface area contributed by atoms with Gasteiger partial charge in [0.05, 0.1) is 7.11 Å². The molecule has 0 atom stereocenters. The van der Waals surface area contributed by atoms with E-state index in [2.05, 4.69) is 26.5 Å². The molecule has 7 nitrogen and oxygen atoms in total. The molecule has 8 heteroatoms. The van der Waals surface area contributed by atoms with Crippen molar-refractivity contribution in [2.75, 3.05) is 20.7 Å². The molecular weight excluding hydrogens is 421 g/mol. The van der Waals surface area contributed by atoms with Gasteiger partial charge >= 0.3 is 0 Å². The zero-order valence-corrected chi connectivity index (χ0v) is 16.8. The Kier molecular flexibility index (Phi) is 8.51. The second-order valence-electron chi connectivity index (χ2n) is 5.11. The number of nitrogens with zero attached hydrogens (tertiary/aromatic N) is 4. The van der Waals surface area contributed by atoms with Crippen molar-refractivity contribution in [3.05, 3.63) is 41.5 Å². The molecule has 0 aliphatic heterocycles. The number of rotatable bonds is 6. The van der Waals surface area contributed by atoms with Gasteiger partial charge in [0, 0.05) is 20.1 Å². The van der Waals surface area contributed by atoms with E-state index in [9.17, 15) is 0 Å². The quantitative estimate of drug-likeness (QED) is 0.419. The van der Waals surface area contributed by atoms with Crippen LogP contribution in [0.15, 0.2) is 33.8 Å². The number of aryl methyl sites for hydroxylation is 1. The van der Waals surface area contributed by atoms with Crippen LogP contribution in [0.3, 0.4) is 0 Å². The standard InChI is InChI=1S/C16H23N5O2.HI/c1-5-17-16(18-10-15-19-12(2)20-23-15)21(3)11-13-7-6-8-14(9-13)22-4;/h6-9H,5,10-11H2,1-4H3,(H,17,18);1H. The number of guanidine groups is 1. The van der Waals surface area contributed by atoms with Gasteiger partial charge < -0.3 is 19.5 Å². The number of methoxy groups -OCH3 is 1. The zero-order valence-electron chi connectivity index (χ0n) is 14.4. The number of halogens is 1. The predicted molar refractivity (Wildman–Crippen MR) is 104 cm³/mol. The normalized spacial score (nSPS) is 10.9. The summed E-state index contributed by atoms with van der Waals surface area (Å²) < 4.78 is 10.4. The number of ether oxygens (including phenoxy) is 1. The van der Waals surface area contributed by atoms with E-state index in [1.165, 1.54) is 0 Å². The molecule has 0 spiro atoms. The highest BCUT2D eigenvalue weighted by molar-refractivity contribution is 14.0. The highest BCUT2D eigenvalue weighted by atomic mass is 127. The van der Waals surface area contributed by atoms with Gasteiger partial charge in [0.25, 0.3) is 0 Å². The minimum Gasteiger partial charge on any atom is -0.497 e. The van der Waals surface area contributed by atoms with Crippen LogP contribution in [0.5, 0.6) is 5.75 Å². The van der Waals surface area contributed by atoms with Gasteiger partial charge in [-0.3, -0.25) is 0 Å². The lowest BCUT2D eigenvalue weighted by molar-refractivity contribution is 0.375.